The third-order valence-electron chi connectivity index (χ3n) is 3.63. The number of Topliss-reactive ketones (excluding diaryl/α,β-unsaturated/α-hetero) is 1. The summed E-state index contributed by atoms with van der Waals surface area (Å²) < 4.78 is 0. The number of hydrogen-bond acceptors (Lipinski definition) is 2. The summed E-state index contributed by atoms with van der Waals surface area (Å²) in [6.45, 7) is 0. The zero-order valence-electron chi connectivity index (χ0n) is 7.38. The van der Waals surface area contributed by atoms with Crippen LogP contribution in [0.4, 0.5) is 0 Å². The van der Waals surface area contributed by atoms with Crippen LogP contribution in [0.5, 0.6) is 0 Å². The molecular formula is C10H16O2. The van der Waals surface area contributed by atoms with Gasteiger partial charge in [0.1, 0.15) is 5.78 Å². The highest BCUT2D eigenvalue weighted by Crippen LogP contribution is 2.48. The van der Waals surface area contributed by atoms with Gasteiger partial charge in [0.15, 0.2) is 0 Å². The maximum absolute atomic E-state index is 11.1. The molecule has 0 amide bonds. The van der Waals surface area contributed by atoms with Crippen LogP contribution in [0.25, 0.3) is 0 Å². The molecule has 2 heteroatoms. The molecule has 1 unspecified atom stereocenters. The maximum Gasteiger partial charge on any atom is 0.135 e. The first-order chi connectivity index (χ1) is 5.73. The van der Waals surface area contributed by atoms with E-state index in [2.05, 4.69) is 0 Å². The molecule has 0 radical (unpaired) electrons. The monoisotopic (exact) mass is 168 g/mol. The van der Waals surface area contributed by atoms with Crippen molar-refractivity contribution in [2.45, 2.75) is 51.0 Å². The van der Waals surface area contributed by atoms with Gasteiger partial charge in [-0.3, -0.25) is 4.79 Å². The molecule has 12 heavy (non-hydrogen) atoms. The van der Waals surface area contributed by atoms with Gasteiger partial charge in [0.05, 0.1) is 6.10 Å². The Morgan fingerprint density at radius 3 is 2.50 bits per heavy atom. The molecule has 0 aromatic carbocycles. The van der Waals surface area contributed by atoms with Crippen molar-refractivity contribution >= 4 is 5.78 Å². The molecule has 2 saturated carbocycles. The first kappa shape index (κ1) is 8.24. The molecule has 2 nitrogen and oxygen atoms in total. The largest absolute Gasteiger partial charge is 0.392 e. The predicted molar refractivity (Wildman–Crippen MR) is 45.8 cm³/mol. The van der Waals surface area contributed by atoms with E-state index < -0.39 is 0 Å². The van der Waals surface area contributed by atoms with Crippen molar-refractivity contribution in [1.29, 1.82) is 0 Å². The van der Waals surface area contributed by atoms with Gasteiger partial charge in [0, 0.05) is 12.8 Å². The molecule has 2 fully saturated rings. The van der Waals surface area contributed by atoms with E-state index >= 15 is 0 Å². The van der Waals surface area contributed by atoms with Crippen LogP contribution in [0.2, 0.25) is 0 Å². The second-order valence-corrected chi connectivity index (χ2v) is 4.33. The Labute approximate surface area is 73.0 Å². The Balaban J connectivity index is 2.10. The average molecular weight is 168 g/mol. The Hall–Kier alpha value is -0.370. The number of hydrogen-bond donors (Lipinski definition) is 1. The van der Waals surface area contributed by atoms with Crippen molar-refractivity contribution in [3.8, 4) is 0 Å². The van der Waals surface area contributed by atoms with Gasteiger partial charge < -0.3 is 5.11 Å². The Bertz CT molecular complexity index is 192. The van der Waals surface area contributed by atoms with E-state index in [1.165, 1.54) is 12.8 Å². The van der Waals surface area contributed by atoms with E-state index in [1.54, 1.807) is 0 Å². The Morgan fingerprint density at radius 2 is 1.92 bits per heavy atom. The van der Waals surface area contributed by atoms with Gasteiger partial charge in [-0.25, -0.2) is 0 Å². The lowest BCUT2D eigenvalue weighted by atomic mass is 9.70. The molecule has 0 aromatic rings. The van der Waals surface area contributed by atoms with E-state index in [0.29, 0.717) is 12.8 Å². The topological polar surface area (TPSA) is 37.3 Å². The van der Waals surface area contributed by atoms with Crippen LogP contribution in [0.3, 0.4) is 0 Å². The quantitative estimate of drug-likeness (QED) is 0.597. The van der Waals surface area contributed by atoms with Crippen molar-refractivity contribution in [2.24, 2.45) is 5.41 Å². The van der Waals surface area contributed by atoms with Gasteiger partial charge in [0.25, 0.3) is 0 Å². The minimum absolute atomic E-state index is 0.147. The fraction of sp³-hybridized carbons (Fsp3) is 0.900. The minimum Gasteiger partial charge on any atom is -0.392 e. The molecule has 1 atom stereocenters. The van der Waals surface area contributed by atoms with Crippen molar-refractivity contribution in [1.82, 2.24) is 0 Å². The summed E-state index contributed by atoms with van der Waals surface area (Å²) >= 11 is 0. The number of carbonyl (C=O) groups excluding carboxylic acids is 1. The van der Waals surface area contributed by atoms with Crippen LogP contribution in [0.15, 0.2) is 0 Å². The first-order valence-electron chi connectivity index (χ1n) is 4.93. The summed E-state index contributed by atoms with van der Waals surface area (Å²) in [6.07, 6.45) is 6.49. The number of rotatable bonds is 0. The Morgan fingerprint density at radius 1 is 1.25 bits per heavy atom. The molecule has 2 aliphatic carbocycles. The zero-order valence-corrected chi connectivity index (χ0v) is 7.38. The van der Waals surface area contributed by atoms with Gasteiger partial charge in [-0.15, -0.1) is 0 Å². The van der Waals surface area contributed by atoms with Crippen LogP contribution in [0, 0.1) is 5.41 Å². The zero-order chi connectivity index (χ0) is 8.60. The highest BCUT2D eigenvalue weighted by Gasteiger charge is 2.43. The molecule has 0 aliphatic heterocycles. The lowest BCUT2D eigenvalue weighted by molar-refractivity contribution is -0.128. The molecule has 68 valence electrons. The fourth-order valence-corrected chi connectivity index (χ4v) is 2.75. The van der Waals surface area contributed by atoms with Crippen LogP contribution < -0.4 is 0 Å². The van der Waals surface area contributed by atoms with Crippen LogP contribution in [-0.4, -0.2) is 17.0 Å². The second kappa shape index (κ2) is 2.84. The van der Waals surface area contributed by atoms with Gasteiger partial charge in [-0.05, 0) is 24.7 Å². The minimum atomic E-state index is -0.332. The first-order valence-corrected chi connectivity index (χ1v) is 4.93. The standard InChI is InChI=1S/C10H16O2/c11-8-3-6-10(9(12)7-8)4-1-2-5-10/h9,12H,1-7H2. The molecule has 1 N–H and O–H groups in total. The van der Waals surface area contributed by atoms with Crippen LogP contribution in [0.1, 0.15) is 44.9 Å². The van der Waals surface area contributed by atoms with E-state index in [1.807, 2.05) is 0 Å². The maximum atomic E-state index is 11.1. The molecule has 1 spiro atoms. The number of carbonyl (C=O) groups is 1. The Kier molecular flexibility index (Phi) is 1.95. The van der Waals surface area contributed by atoms with Crippen molar-refractivity contribution in [2.75, 3.05) is 0 Å². The molecule has 0 bridgehead atoms. The van der Waals surface area contributed by atoms with Gasteiger partial charge in [0.2, 0.25) is 0 Å². The van der Waals surface area contributed by atoms with E-state index in [9.17, 15) is 9.90 Å². The molecular weight excluding hydrogens is 152 g/mol. The molecule has 0 heterocycles. The van der Waals surface area contributed by atoms with Crippen LogP contribution in [-0.2, 0) is 4.79 Å². The number of aliphatic hydroxyl groups is 1. The lowest BCUT2D eigenvalue weighted by Crippen LogP contribution is -2.38. The van der Waals surface area contributed by atoms with E-state index in [0.717, 1.165) is 19.3 Å². The molecule has 0 saturated heterocycles. The summed E-state index contributed by atoms with van der Waals surface area (Å²) in [6, 6.07) is 0. The average Bonchev–Trinajstić information content (AvgIpc) is 2.48. The highest BCUT2D eigenvalue weighted by atomic mass is 16.3. The number of aliphatic hydroxyl groups excluding tert-OH is 1. The molecule has 2 aliphatic rings. The van der Waals surface area contributed by atoms with E-state index in [4.69, 9.17) is 0 Å². The smallest absolute Gasteiger partial charge is 0.135 e. The van der Waals surface area contributed by atoms with Gasteiger partial charge >= 0.3 is 0 Å². The van der Waals surface area contributed by atoms with Crippen LogP contribution >= 0.6 is 0 Å². The summed E-state index contributed by atoms with van der Waals surface area (Å²) in [4.78, 5) is 11.1. The second-order valence-electron chi connectivity index (χ2n) is 4.33. The highest BCUT2D eigenvalue weighted by molar-refractivity contribution is 5.80. The van der Waals surface area contributed by atoms with Crippen molar-refractivity contribution < 1.29 is 9.90 Å². The summed E-state index contributed by atoms with van der Waals surface area (Å²) in [5.41, 5.74) is 0.147. The summed E-state index contributed by atoms with van der Waals surface area (Å²) in [5, 5.41) is 9.81. The van der Waals surface area contributed by atoms with Crippen molar-refractivity contribution in [3.05, 3.63) is 0 Å². The third-order valence-corrected chi connectivity index (χ3v) is 3.63. The molecule has 0 aromatic heterocycles. The fourth-order valence-electron chi connectivity index (χ4n) is 2.75. The van der Waals surface area contributed by atoms with Gasteiger partial charge in [-0.1, -0.05) is 12.8 Å². The third kappa shape index (κ3) is 1.18. The predicted octanol–water partition coefficient (Wildman–Crippen LogP) is 1.66. The number of ketones is 1. The SMILES string of the molecule is O=C1CCC2(CCCC2)C(O)C1. The van der Waals surface area contributed by atoms with Gasteiger partial charge in [-0.2, -0.15) is 0 Å². The normalized spacial score (nSPS) is 34.4. The van der Waals surface area contributed by atoms with Crippen molar-refractivity contribution in [3.63, 3.8) is 0 Å². The lowest BCUT2D eigenvalue weighted by Gasteiger charge is -2.37. The van der Waals surface area contributed by atoms with E-state index in [-0.39, 0.29) is 17.3 Å². The summed E-state index contributed by atoms with van der Waals surface area (Å²) in [7, 11) is 0. The molecule has 2 rings (SSSR count). The summed E-state index contributed by atoms with van der Waals surface area (Å²) in [5.74, 6) is 0.250.